The number of benzene rings is 1. The van der Waals surface area contributed by atoms with Crippen molar-refractivity contribution in [1.29, 1.82) is 0 Å². The van der Waals surface area contributed by atoms with Crippen LogP contribution in [-0.2, 0) is 10.1 Å². The van der Waals surface area contributed by atoms with Gasteiger partial charge in [0.1, 0.15) is 0 Å². The number of carbonyl (C=O) groups excluding carboxylic acids is 1. The first-order chi connectivity index (χ1) is 8.49. The second-order valence-electron chi connectivity index (χ2n) is 2.43. The molecule has 0 heterocycles. The molecule has 0 fully saturated rings. The van der Waals surface area contributed by atoms with Gasteiger partial charge in [-0.25, -0.2) is 0 Å². The zero-order valence-corrected chi connectivity index (χ0v) is 12.0. The quantitative estimate of drug-likeness (QED) is 0.656. The van der Waals surface area contributed by atoms with Crippen LogP contribution >= 0.6 is 11.8 Å². The molecule has 0 aliphatic rings. The van der Waals surface area contributed by atoms with E-state index in [0.717, 1.165) is 0 Å². The van der Waals surface area contributed by atoms with Crippen molar-refractivity contribution >= 4 is 56.6 Å². The van der Waals surface area contributed by atoms with E-state index in [1.807, 2.05) is 0 Å². The van der Waals surface area contributed by atoms with Gasteiger partial charge in [-0.05, 0) is 0 Å². The fourth-order valence-electron chi connectivity index (χ4n) is 0.753. The Hall–Kier alpha value is 0.150. The Morgan fingerprint density at radius 2 is 1.94 bits per heavy atom. The van der Waals surface area contributed by atoms with Crippen molar-refractivity contribution in [2.45, 2.75) is 0 Å². The number of hydrogen-bond acceptors (Lipinski definition) is 4. The first kappa shape index (κ1) is 10.1. The van der Waals surface area contributed by atoms with Crippen LogP contribution < -0.4 is 0 Å². The molecule has 0 aromatic heterocycles. The van der Waals surface area contributed by atoms with Crippen molar-refractivity contribution in [2.75, 3.05) is 11.4 Å². The summed E-state index contributed by atoms with van der Waals surface area (Å²) in [5, 5.41) is -0.835. The molecule has 4 nitrogen and oxygen atoms in total. The molecule has 83 valence electrons. The van der Waals surface area contributed by atoms with Crippen LogP contribution in [0.25, 0.3) is 0 Å². The molecule has 1 aromatic carbocycles. The molecule has 0 aliphatic carbocycles. The van der Waals surface area contributed by atoms with E-state index >= 15 is 0 Å². The van der Waals surface area contributed by atoms with E-state index in [-0.39, 0.29) is 46.9 Å². The van der Waals surface area contributed by atoms with E-state index in [0.29, 0.717) is 0 Å². The Bertz CT molecular complexity index is 577. The Labute approximate surface area is 126 Å². The van der Waals surface area contributed by atoms with E-state index in [1.165, 1.54) is 24.3 Å². The van der Waals surface area contributed by atoms with Crippen molar-refractivity contribution in [3.05, 3.63) is 35.9 Å². The summed E-state index contributed by atoms with van der Waals surface area (Å²) < 4.78 is 59.3. The Balaban J connectivity index is 0.00000361. The molecule has 0 amide bonds. The minimum absolute atomic E-state index is 0. The molecule has 0 saturated carbocycles. The van der Waals surface area contributed by atoms with Gasteiger partial charge in [0.25, 0.3) is 10.1 Å². The van der Waals surface area contributed by atoms with Crippen molar-refractivity contribution in [1.82, 2.24) is 0 Å². The fourth-order valence-corrected chi connectivity index (χ4v) is 1.69. The average Bonchev–Trinajstić information content (AvgIpc) is 2.28. The maximum atomic E-state index is 11.7. The van der Waals surface area contributed by atoms with Crippen LogP contribution in [0.3, 0.4) is 0 Å². The van der Waals surface area contributed by atoms with Gasteiger partial charge in [-0.2, -0.15) is 8.42 Å². The second kappa shape index (κ2) is 7.47. The molecule has 0 atom stereocenters. The maximum absolute atomic E-state index is 11.7. The molecule has 7 heteroatoms. The van der Waals surface area contributed by atoms with Crippen molar-refractivity contribution in [3.8, 4) is 0 Å². The molecule has 0 unspecified atom stereocenters. The van der Waals surface area contributed by atoms with Crippen molar-refractivity contribution < 1.29 is 23.2 Å². The van der Waals surface area contributed by atoms with Gasteiger partial charge in [0.05, 0.1) is 5.70 Å². The van der Waals surface area contributed by atoms with E-state index in [9.17, 15) is 13.2 Å². The predicted octanol–water partition coefficient (Wildman–Crippen LogP) is 1.07. The van der Waals surface area contributed by atoms with Crippen LogP contribution in [0.1, 0.15) is 15.8 Å². The number of thioether (sulfide) groups is 1. The van der Waals surface area contributed by atoms with E-state index < -0.39 is 26.6 Å². The summed E-state index contributed by atoms with van der Waals surface area (Å²) in [5.74, 6) is 0. The third-order valence-electron chi connectivity index (χ3n) is 1.32. The number of rotatable bonds is 4. The zero-order chi connectivity index (χ0) is 14.9. The second-order valence-corrected chi connectivity index (χ2v) is 4.37. The van der Waals surface area contributed by atoms with E-state index in [4.69, 9.17) is 10.0 Å². The summed E-state index contributed by atoms with van der Waals surface area (Å²) in [4.78, 5) is 11.7. The molecule has 0 saturated heterocycles. The molecule has 0 spiro atoms. The monoisotopic (exact) mass is 273 g/mol. The van der Waals surface area contributed by atoms with Gasteiger partial charge in [-0.3, -0.25) is 9.35 Å². The van der Waals surface area contributed by atoms with Crippen molar-refractivity contribution in [2.24, 2.45) is 0 Å². The summed E-state index contributed by atoms with van der Waals surface area (Å²) in [6, 6.07) is 7.46. The molecule has 1 rings (SSSR count). The predicted molar refractivity (Wildman–Crippen MR) is 65.4 cm³/mol. The summed E-state index contributed by atoms with van der Waals surface area (Å²) in [6.07, 6.45) is 0. The third kappa shape index (κ3) is 6.67. The van der Waals surface area contributed by atoms with Crippen molar-refractivity contribution in [3.63, 3.8) is 0 Å². The van der Waals surface area contributed by atoms with Gasteiger partial charge < -0.3 is 0 Å². The van der Waals surface area contributed by atoms with Gasteiger partial charge in [-0.1, -0.05) is 42.1 Å². The number of hydrogen-bond donors (Lipinski definition) is 1. The molecular weight excluding hydrogens is 259 g/mol. The summed E-state index contributed by atoms with van der Waals surface area (Å²) >= 11 is -0.131. The molecule has 1 radical (unpaired) electrons. The Morgan fingerprint density at radius 1 is 1.38 bits per heavy atom. The van der Waals surface area contributed by atoms with Crippen LogP contribution in [0.15, 0.2) is 30.3 Å². The summed E-state index contributed by atoms with van der Waals surface area (Å²) in [7, 11) is -5.30. The maximum Gasteiger partial charge on any atom is 0.265 e. The van der Waals surface area contributed by atoms with Crippen LogP contribution in [0.5, 0.6) is 0 Å². The van der Waals surface area contributed by atoms with Gasteiger partial charge in [0.15, 0.2) is 0 Å². The first-order valence-electron chi connectivity index (χ1n) is 5.74. The normalized spacial score (nSPS) is 16.1. The standard InChI is InChI=1S/C9H10O4S2.Na/c10-9(8-4-2-1-3-5-8)14-6-7-15(11,12)13;/h1-5H,6-7H2,(H,11,12,13);/i6D2,7D2;. The Morgan fingerprint density at radius 3 is 2.44 bits per heavy atom. The minimum Gasteiger partial charge on any atom is -0.286 e. The molecule has 16 heavy (non-hydrogen) atoms. The van der Waals surface area contributed by atoms with Gasteiger partial charge in [0, 0.05) is 46.3 Å². The third-order valence-corrected chi connectivity index (χ3v) is 2.44. The van der Waals surface area contributed by atoms with Gasteiger partial charge >= 0.3 is 0 Å². The van der Waals surface area contributed by atoms with E-state index in [1.54, 1.807) is 6.07 Å². The fraction of sp³-hybridized carbons (Fsp3) is 0.222. The molecule has 0 aliphatic heterocycles. The van der Waals surface area contributed by atoms with Gasteiger partial charge in [0.2, 0.25) is 5.12 Å². The smallest absolute Gasteiger partial charge is 0.265 e. The van der Waals surface area contributed by atoms with Gasteiger partial charge in [-0.15, -0.1) is 0 Å². The molecule has 1 N–H and O–H groups in total. The zero-order valence-electron chi connectivity index (χ0n) is 12.4. The van der Waals surface area contributed by atoms with Crippen LogP contribution in [0, 0.1) is 0 Å². The van der Waals surface area contributed by atoms with Crippen LogP contribution in [0.2, 0.25) is 0 Å². The summed E-state index contributed by atoms with van der Waals surface area (Å²) in [5.41, 5.74) is -6.63. The molecule has 1 aromatic rings. The minimum atomic E-state index is -5.30. The van der Waals surface area contributed by atoms with Crippen LogP contribution in [-0.4, -0.2) is 59.1 Å². The van der Waals surface area contributed by atoms with Crippen LogP contribution in [0.4, 0.5) is 0 Å². The SMILES string of the molecule is [2H]C([2H])(SC(=O)c1ccccc1)C([2H])([2H])S(=O)(=O)O.[Na]. The van der Waals surface area contributed by atoms with E-state index in [2.05, 4.69) is 0 Å². The molecular formula is C9H10NaO4S2. The molecule has 0 bridgehead atoms. The largest absolute Gasteiger partial charge is 0.286 e. The number of carbonyl (C=O) groups is 1. The first-order valence-corrected chi connectivity index (χ1v) is 6.00. The average molecular weight is 273 g/mol. The summed E-state index contributed by atoms with van der Waals surface area (Å²) in [6.45, 7) is 0. The Kier molecular flexibility index (Phi) is 4.72. The topological polar surface area (TPSA) is 71.4 Å².